The monoisotopic (exact) mass is 432 g/mol. The van der Waals surface area contributed by atoms with Crippen molar-refractivity contribution < 1.29 is 22.4 Å². The standard InChI is InChI=1S/C20H19F3N6O2/c1-10-15(26-11(2)31-10)19(30)27-14-7-12(3-4-13(14)16(22)23)20(8-21)9-29-6-5-25-18(29)17(24)28-20/h3-7,16H,8-9H2,1-2H3,(H2,24,28)(H,27,30). The zero-order valence-corrected chi connectivity index (χ0v) is 16.7. The Labute approximate surface area is 175 Å². The summed E-state index contributed by atoms with van der Waals surface area (Å²) >= 11 is 0. The average molecular weight is 432 g/mol. The van der Waals surface area contributed by atoms with Crippen LogP contribution in [0.5, 0.6) is 0 Å². The summed E-state index contributed by atoms with van der Waals surface area (Å²) in [4.78, 5) is 25.0. The van der Waals surface area contributed by atoms with E-state index in [2.05, 4.69) is 20.3 Å². The number of imidazole rings is 1. The highest BCUT2D eigenvalue weighted by Gasteiger charge is 2.38. The normalized spacial score (nSPS) is 18.1. The Balaban J connectivity index is 1.76. The number of nitrogens with zero attached hydrogens (tertiary/aromatic N) is 4. The summed E-state index contributed by atoms with van der Waals surface area (Å²) in [5, 5.41) is 2.45. The summed E-state index contributed by atoms with van der Waals surface area (Å²) in [6, 6.07) is 3.80. The van der Waals surface area contributed by atoms with Crippen molar-refractivity contribution in [1.29, 1.82) is 0 Å². The molecule has 1 amide bonds. The minimum atomic E-state index is -2.87. The van der Waals surface area contributed by atoms with E-state index >= 15 is 0 Å². The van der Waals surface area contributed by atoms with E-state index in [1.807, 2.05) is 0 Å². The van der Waals surface area contributed by atoms with Crippen LogP contribution < -0.4 is 11.1 Å². The quantitative estimate of drug-likeness (QED) is 0.643. The van der Waals surface area contributed by atoms with Gasteiger partial charge in [0.1, 0.15) is 18.0 Å². The number of carbonyl (C=O) groups is 1. The highest BCUT2D eigenvalue weighted by Crippen LogP contribution is 2.37. The van der Waals surface area contributed by atoms with Crippen molar-refractivity contribution in [3.05, 3.63) is 64.9 Å². The largest absolute Gasteiger partial charge is 0.445 e. The number of amides is 1. The molecule has 0 radical (unpaired) electrons. The highest BCUT2D eigenvalue weighted by atomic mass is 19.3. The number of benzene rings is 1. The number of carbonyl (C=O) groups excluding carboxylic acids is 1. The molecule has 0 spiro atoms. The molecule has 162 valence electrons. The number of aryl methyl sites for hydroxylation is 2. The zero-order valence-electron chi connectivity index (χ0n) is 16.7. The number of nitrogens with two attached hydrogens (primary N) is 1. The lowest BCUT2D eigenvalue weighted by atomic mass is 9.89. The molecular formula is C20H19F3N6O2. The van der Waals surface area contributed by atoms with Crippen LogP contribution in [0.1, 0.15) is 45.5 Å². The molecule has 4 rings (SSSR count). The first-order chi connectivity index (χ1) is 14.7. The van der Waals surface area contributed by atoms with Gasteiger partial charge in [-0.2, -0.15) is 0 Å². The molecule has 1 unspecified atom stereocenters. The van der Waals surface area contributed by atoms with E-state index in [9.17, 15) is 18.0 Å². The molecule has 1 aromatic carbocycles. The molecule has 31 heavy (non-hydrogen) atoms. The maximum atomic E-state index is 14.3. The van der Waals surface area contributed by atoms with Crippen molar-refractivity contribution in [3.8, 4) is 0 Å². The molecule has 0 bridgehead atoms. The number of hydrogen-bond donors (Lipinski definition) is 2. The van der Waals surface area contributed by atoms with E-state index in [0.29, 0.717) is 5.82 Å². The molecule has 3 heterocycles. The molecule has 0 saturated carbocycles. The fraction of sp³-hybridized carbons (Fsp3) is 0.300. The molecule has 1 atom stereocenters. The van der Waals surface area contributed by atoms with Gasteiger partial charge < -0.3 is 20.0 Å². The van der Waals surface area contributed by atoms with E-state index in [-0.39, 0.29) is 41.0 Å². The third-order valence-corrected chi connectivity index (χ3v) is 5.12. The predicted molar refractivity (Wildman–Crippen MR) is 106 cm³/mol. The third-order valence-electron chi connectivity index (χ3n) is 5.12. The fourth-order valence-electron chi connectivity index (χ4n) is 3.64. The van der Waals surface area contributed by atoms with Crippen LogP contribution in [0.15, 0.2) is 40.0 Å². The average Bonchev–Trinajstić information content (AvgIpc) is 3.33. The van der Waals surface area contributed by atoms with Crippen LogP contribution >= 0.6 is 0 Å². The number of alkyl halides is 3. The van der Waals surface area contributed by atoms with Gasteiger partial charge in [-0.05, 0) is 18.6 Å². The molecule has 1 aliphatic heterocycles. The maximum Gasteiger partial charge on any atom is 0.277 e. The van der Waals surface area contributed by atoms with Crippen molar-refractivity contribution in [2.75, 3.05) is 12.0 Å². The van der Waals surface area contributed by atoms with Crippen molar-refractivity contribution in [1.82, 2.24) is 14.5 Å². The Morgan fingerprint density at radius 2 is 2.16 bits per heavy atom. The lowest BCUT2D eigenvalue weighted by molar-refractivity contribution is 0.102. The van der Waals surface area contributed by atoms with Gasteiger partial charge in [0.25, 0.3) is 12.3 Å². The van der Waals surface area contributed by atoms with E-state index in [4.69, 9.17) is 10.2 Å². The molecule has 3 aromatic rings. The first-order valence-corrected chi connectivity index (χ1v) is 9.35. The molecule has 0 saturated heterocycles. The van der Waals surface area contributed by atoms with E-state index < -0.39 is 30.1 Å². The summed E-state index contributed by atoms with van der Waals surface area (Å²) in [6.45, 7) is 2.24. The minimum Gasteiger partial charge on any atom is -0.445 e. The molecular weight excluding hydrogens is 413 g/mol. The first-order valence-electron chi connectivity index (χ1n) is 9.35. The van der Waals surface area contributed by atoms with Crippen LogP contribution in [-0.2, 0) is 12.1 Å². The number of anilines is 1. The van der Waals surface area contributed by atoms with E-state index in [1.54, 1.807) is 24.6 Å². The van der Waals surface area contributed by atoms with Gasteiger partial charge in [-0.15, -0.1) is 0 Å². The predicted octanol–water partition coefficient (Wildman–Crippen LogP) is 3.26. The number of halogens is 3. The van der Waals surface area contributed by atoms with Gasteiger partial charge in [0.2, 0.25) is 0 Å². The second-order valence-electron chi connectivity index (χ2n) is 7.24. The number of hydrogen-bond acceptors (Lipinski definition) is 6. The summed E-state index contributed by atoms with van der Waals surface area (Å²) in [7, 11) is 0. The molecule has 0 fully saturated rings. The van der Waals surface area contributed by atoms with Gasteiger partial charge in [-0.3, -0.25) is 4.79 Å². The van der Waals surface area contributed by atoms with Crippen molar-refractivity contribution in [3.63, 3.8) is 0 Å². The van der Waals surface area contributed by atoms with Crippen LogP contribution in [0.2, 0.25) is 0 Å². The van der Waals surface area contributed by atoms with Crippen LogP contribution in [-0.4, -0.2) is 33.0 Å². The molecule has 2 aromatic heterocycles. The van der Waals surface area contributed by atoms with E-state index in [1.165, 1.54) is 18.3 Å². The van der Waals surface area contributed by atoms with Gasteiger partial charge in [-0.25, -0.2) is 28.1 Å². The Hall–Kier alpha value is -3.63. The highest BCUT2D eigenvalue weighted by molar-refractivity contribution is 6.04. The van der Waals surface area contributed by atoms with Crippen LogP contribution in [0.3, 0.4) is 0 Å². The van der Waals surface area contributed by atoms with E-state index in [0.717, 1.165) is 6.07 Å². The molecule has 0 aliphatic carbocycles. The van der Waals surface area contributed by atoms with Crippen LogP contribution in [0.4, 0.5) is 18.9 Å². The second kappa shape index (κ2) is 7.56. The van der Waals surface area contributed by atoms with Gasteiger partial charge in [-0.1, -0.05) is 12.1 Å². The van der Waals surface area contributed by atoms with Crippen LogP contribution in [0, 0.1) is 13.8 Å². The fourth-order valence-corrected chi connectivity index (χ4v) is 3.64. The number of amidine groups is 1. The van der Waals surface area contributed by atoms with Gasteiger partial charge in [0.15, 0.2) is 23.2 Å². The Morgan fingerprint density at radius 1 is 1.39 bits per heavy atom. The molecule has 3 N–H and O–H groups in total. The topological polar surface area (TPSA) is 111 Å². The van der Waals surface area contributed by atoms with Crippen molar-refractivity contribution >= 4 is 17.4 Å². The summed E-state index contributed by atoms with van der Waals surface area (Å²) in [5.74, 6) is 0.239. The maximum absolute atomic E-state index is 14.3. The number of rotatable bonds is 5. The third kappa shape index (κ3) is 3.56. The summed E-state index contributed by atoms with van der Waals surface area (Å²) in [6.07, 6.45) is 0.276. The lowest BCUT2D eigenvalue weighted by Crippen LogP contribution is -2.40. The van der Waals surface area contributed by atoms with Crippen molar-refractivity contribution in [2.45, 2.75) is 32.4 Å². The SMILES string of the molecule is Cc1nc(C(=O)Nc2cc(C3(CF)Cn4ccnc4C(N)=N3)ccc2C(F)F)c(C)o1. The van der Waals surface area contributed by atoms with Gasteiger partial charge in [0.05, 0.1) is 12.2 Å². The summed E-state index contributed by atoms with van der Waals surface area (Å²) in [5.41, 5.74) is 4.19. The molecule has 1 aliphatic rings. The number of aliphatic imine (C=N–C) groups is 1. The molecule has 8 nitrogen and oxygen atoms in total. The number of aromatic nitrogens is 3. The van der Waals surface area contributed by atoms with Gasteiger partial charge >= 0.3 is 0 Å². The Bertz CT molecular complexity index is 1190. The lowest BCUT2D eigenvalue weighted by Gasteiger charge is -2.32. The van der Waals surface area contributed by atoms with Gasteiger partial charge in [0, 0.05) is 24.9 Å². The first kappa shape index (κ1) is 20.6. The van der Waals surface area contributed by atoms with Crippen molar-refractivity contribution in [2.24, 2.45) is 10.7 Å². The zero-order chi connectivity index (χ0) is 22.3. The second-order valence-corrected chi connectivity index (χ2v) is 7.24. The number of fused-ring (bicyclic) bond motifs is 1. The Morgan fingerprint density at radius 3 is 2.81 bits per heavy atom. The van der Waals surface area contributed by atoms with Crippen LogP contribution in [0.25, 0.3) is 0 Å². The Kier molecular flexibility index (Phi) is 5.03. The number of nitrogens with one attached hydrogen (secondary N) is 1. The minimum absolute atomic E-state index is 0.0219. The smallest absolute Gasteiger partial charge is 0.277 e. The number of oxazole rings is 1. The molecule has 11 heteroatoms. The summed E-state index contributed by atoms with van der Waals surface area (Å²) < 4.78 is 48.4.